The number of hydrogen-bond donors (Lipinski definition) is 1. The molecule has 0 aliphatic carbocycles. The molecule has 18 heavy (non-hydrogen) atoms. The summed E-state index contributed by atoms with van der Waals surface area (Å²) < 4.78 is 40.9. The van der Waals surface area contributed by atoms with Gasteiger partial charge < -0.3 is 9.63 Å². The molecule has 0 atom stereocenters. The first kappa shape index (κ1) is 12.4. The third-order valence-corrected chi connectivity index (χ3v) is 2.16. The van der Waals surface area contributed by atoms with Gasteiger partial charge in [-0.2, -0.15) is 18.2 Å². The molecule has 96 valence electrons. The standard InChI is InChI=1S/C11H9F3N2O2/c12-11(13,14)6-9-15-10(18-16-9)5-7-1-3-8(17)4-2-7/h1-4,17H,5-6H2. The average Bonchev–Trinajstić information content (AvgIpc) is 2.66. The Morgan fingerprint density at radius 1 is 1.17 bits per heavy atom. The molecule has 2 rings (SSSR count). The second-order valence-electron chi connectivity index (χ2n) is 3.74. The summed E-state index contributed by atoms with van der Waals surface area (Å²) >= 11 is 0. The molecule has 1 N–H and O–H groups in total. The van der Waals surface area contributed by atoms with Crippen molar-refractivity contribution in [2.24, 2.45) is 0 Å². The highest BCUT2D eigenvalue weighted by Crippen LogP contribution is 2.20. The fourth-order valence-electron chi connectivity index (χ4n) is 1.40. The molecule has 0 radical (unpaired) electrons. The predicted molar refractivity (Wildman–Crippen MR) is 55.0 cm³/mol. The van der Waals surface area contributed by atoms with Crippen LogP contribution >= 0.6 is 0 Å². The molecule has 0 saturated carbocycles. The van der Waals surface area contributed by atoms with Crippen LogP contribution in [0.3, 0.4) is 0 Å². The Morgan fingerprint density at radius 2 is 1.83 bits per heavy atom. The molecule has 1 aromatic carbocycles. The quantitative estimate of drug-likeness (QED) is 0.918. The van der Waals surface area contributed by atoms with Crippen LogP contribution in [0.5, 0.6) is 5.75 Å². The van der Waals surface area contributed by atoms with Crippen molar-refractivity contribution in [1.82, 2.24) is 10.1 Å². The van der Waals surface area contributed by atoms with Crippen molar-refractivity contribution in [3.05, 3.63) is 41.5 Å². The molecular weight excluding hydrogens is 249 g/mol. The van der Waals surface area contributed by atoms with Gasteiger partial charge in [0, 0.05) is 0 Å². The molecule has 0 unspecified atom stereocenters. The smallest absolute Gasteiger partial charge is 0.396 e. The summed E-state index contributed by atoms with van der Waals surface area (Å²) in [7, 11) is 0. The number of alkyl halides is 3. The van der Waals surface area contributed by atoms with Gasteiger partial charge in [-0.3, -0.25) is 0 Å². The van der Waals surface area contributed by atoms with Gasteiger partial charge in [0.25, 0.3) is 0 Å². The van der Waals surface area contributed by atoms with E-state index in [1.54, 1.807) is 12.1 Å². The molecule has 0 bridgehead atoms. The number of halogens is 3. The van der Waals surface area contributed by atoms with Crippen molar-refractivity contribution in [1.29, 1.82) is 0 Å². The number of benzene rings is 1. The Bertz CT molecular complexity index is 520. The summed E-state index contributed by atoms with van der Waals surface area (Å²) in [6.45, 7) is 0. The highest BCUT2D eigenvalue weighted by Gasteiger charge is 2.30. The van der Waals surface area contributed by atoms with E-state index in [2.05, 4.69) is 10.1 Å². The van der Waals surface area contributed by atoms with Crippen molar-refractivity contribution < 1.29 is 22.8 Å². The highest BCUT2D eigenvalue weighted by molar-refractivity contribution is 5.27. The number of nitrogens with zero attached hydrogens (tertiary/aromatic N) is 2. The predicted octanol–water partition coefficient (Wildman–Crippen LogP) is 2.47. The van der Waals surface area contributed by atoms with Gasteiger partial charge in [0.15, 0.2) is 5.82 Å². The molecule has 1 heterocycles. The van der Waals surface area contributed by atoms with Gasteiger partial charge in [-0.15, -0.1) is 0 Å². The van der Waals surface area contributed by atoms with Crippen LogP contribution in [0.2, 0.25) is 0 Å². The van der Waals surface area contributed by atoms with E-state index in [-0.39, 0.29) is 23.9 Å². The Hall–Kier alpha value is -2.05. The largest absolute Gasteiger partial charge is 0.508 e. The lowest BCUT2D eigenvalue weighted by Gasteiger charge is -2.00. The van der Waals surface area contributed by atoms with Crippen LogP contribution in [-0.4, -0.2) is 21.4 Å². The van der Waals surface area contributed by atoms with Crippen LogP contribution in [0.15, 0.2) is 28.8 Å². The van der Waals surface area contributed by atoms with E-state index in [0.717, 1.165) is 5.56 Å². The first-order chi connectivity index (χ1) is 8.42. The molecule has 0 aliphatic rings. The van der Waals surface area contributed by atoms with Gasteiger partial charge >= 0.3 is 6.18 Å². The van der Waals surface area contributed by atoms with Gasteiger partial charge in [-0.1, -0.05) is 17.3 Å². The van der Waals surface area contributed by atoms with Crippen molar-refractivity contribution in [2.75, 3.05) is 0 Å². The third-order valence-electron chi connectivity index (χ3n) is 2.16. The van der Waals surface area contributed by atoms with E-state index in [9.17, 15) is 13.2 Å². The van der Waals surface area contributed by atoms with Gasteiger partial charge in [0.05, 0.1) is 6.42 Å². The molecule has 0 fully saturated rings. The maximum Gasteiger partial charge on any atom is 0.396 e. The third kappa shape index (κ3) is 3.47. The van der Waals surface area contributed by atoms with E-state index in [1.807, 2.05) is 0 Å². The minimum absolute atomic E-state index is 0.111. The van der Waals surface area contributed by atoms with Crippen molar-refractivity contribution in [2.45, 2.75) is 19.0 Å². The number of phenols is 1. The second kappa shape index (κ2) is 4.67. The summed E-state index contributed by atoms with van der Waals surface area (Å²) in [5, 5.41) is 12.3. The fraction of sp³-hybridized carbons (Fsp3) is 0.273. The zero-order chi connectivity index (χ0) is 13.2. The lowest BCUT2D eigenvalue weighted by atomic mass is 10.1. The second-order valence-corrected chi connectivity index (χ2v) is 3.74. The summed E-state index contributed by atoms with van der Waals surface area (Å²) in [5.74, 6) is -0.154. The molecule has 0 aliphatic heterocycles. The number of rotatable bonds is 3. The Labute approximate surface area is 100 Å². The molecule has 7 heteroatoms. The van der Waals surface area contributed by atoms with Gasteiger partial charge in [-0.25, -0.2) is 0 Å². The summed E-state index contributed by atoms with van der Waals surface area (Å²) in [6, 6.07) is 6.20. The summed E-state index contributed by atoms with van der Waals surface area (Å²) in [6.07, 6.45) is -5.32. The Kier molecular flexibility index (Phi) is 3.22. The van der Waals surface area contributed by atoms with Crippen LogP contribution in [0, 0.1) is 0 Å². The average molecular weight is 258 g/mol. The van der Waals surface area contributed by atoms with Crippen molar-refractivity contribution in [3.8, 4) is 5.75 Å². The number of hydrogen-bond acceptors (Lipinski definition) is 4. The molecule has 2 aromatic rings. The molecule has 0 saturated heterocycles. The minimum Gasteiger partial charge on any atom is -0.508 e. The first-order valence-corrected chi connectivity index (χ1v) is 5.08. The zero-order valence-corrected chi connectivity index (χ0v) is 9.11. The monoisotopic (exact) mass is 258 g/mol. The van der Waals surface area contributed by atoms with Gasteiger partial charge in [0.2, 0.25) is 5.89 Å². The molecule has 0 spiro atoms. The topological polar surface area (TPSA) is 59.2 Å². The van der Waals surface area contributed by atoms with E-state index in [0.29, 0.717) is 0 Å². The molecule has 4 nitrogen and oxygen atoms in total. The number of aromatic hydroxyl groups is 1. The lowest BCUT2D eigenvalue weighted by molar-refractivity contribution is -0.128. The van der Waals surface area contributed by atoms with Crippen LogP contribution < -0.4 is 0 Å². The molecule has 0 amide bonds. The number of aromatic nitrogens is 2. The number of phenolic OH excluding ortho intramolecular Hbond substituents is 1. The zero-order valence-electron chi connectivity index (χ0n) is 9.11. The molecular formula is C11H9F3N2O2. The van der Waals surface area contributed by atoms with Gasteiger partial charge in [-0.05, 0) is 17.7 Å². The highest BCUT2D eigenvalue weighted by atomic mass is 19.4. The SMILES string of the molecule is Oc1ccc(Cc2nc(CC(F)(F)F)no2)cc1. The van der Waals surface area contributed by atoms with Crippen LogP contribution in [0.4, 0.5) is 13.2 Å². The van der Waals surface area contributed by atoms with Crippen molar-refractivity contribution in [3.63, 3.8) is 0 Å². The fourth-order valence-corrected chi connectivity index (χ4v) is 1.40. The van der Waals surface area contributed by atoms with E-state index in [1.165, 1.54) is 12.1 Å². The van der Waals surface area contributed by atoms with E-state index < -0.39 is 12.6 Å². The Morgan fingerprint density at radius 3 is 2.44 bits per heavy atom. The lowest BCUT2D eigenvalue weighted by Crippen LogP contribution is -2.12. The van der Waals surface area contributed by atoms with Crippen molar-refractivity contribution >= 4 is 0 Å². The Balaban J connectivity index is 2.04. The van der Waals surface area contributed by atoms with Crippen LogP contribution in [0.1, 0.15) is 17.3 Å². The summed E-state index contributed by atoms with van der Waals surface area (Å²) in [4.78, 5) is 3.65. The first-order valence-electron chi connectivity index (χ1n) is 5.08. The molecule has 1 aromatic heterocycles. The van der Waals surface area contributed by atoms with E-state index in [4.69, 9.17) is 9.63 Å². The minimum atomic E-state index is -4.35. The van der Waals surface area contributed by atoms with Crippen LogP contribution in [-0.2, 0) is 12.8 Å². The maximum absolute atomic E-state index is 12.1. The van der Waals surface area contributed by atoms with Gasteiger partial charge in [0.1, 0.15) is 12.2 Å². The maximum atomic E-state index is 12.1. The summed E-state index contributed by atoms with van der Waals surface area (Å²) in [5.41, 5.74) is 0.759. The normalized spacial score (nSPS) is 11.7. The van der Waals surface area contributed by atoms with E-state index >= 15 is 0 Å². The van der Waals surface area contributed by atoms with Crippen LogP contribution in [0.25, 0.3) is 0 Å².